The molecule has 0 aliphatic carbocycles. The first-order chi connectivity index (χ1) is 9.42. The predicted octanol–water partition coefficient (Wildman–Crippen LogP) is 2.82. The summed E-state index contributed by atoms with van der Waals surface area (Å²) in [6.07, 6.45) is 0.0515. The van der Waals surface area contributed by atoms with Crippen molar-refractivity contribution in [2.45, 2.75) is 32.8 Å². The predicted molar refractivity (Wildman–Crippen MR) is 76.9 cm³/mol. The molecule has 0 saturated carbocycles. The highest BCUT2D eigenvalue weighted by molar-refractivity contribution is 5.67. The standard InChI is InChI=1S/C16H18N2O2/c1-16(2,3)20-15(19)18-11-7-6-9-13-8-4-5-10-14(13)12-17/h4-5,8,10H,7,11H2,1-3H3,(H,18,19). The molecule has 1 aromatic carbocycles. The number of carbonyl (C=O) groups is 1. The Labute approximate surface area is 119 Å². The molecule has 0 atom stereocenters. The number of alkyl carbamates (subject to hydrolysis) is 1. The van der Waals surface area contributed by atoms with Crippen molar-refractivity contribution in [2.24, 2.45) is 0 Å². The number of benzene rings is 1. The molecule has 4 heteroatoms. The van der Waals surface area contributed by atoms with Crippen LogP contribution < -0.4 is 5.32 Å². The molecule has 0 radical (unpaired) electrons. The fraction of sp³-hybridized carbons (Fsp3) is 0.375. The van der Waals surface area contributed by atoms with E-state index in [1.54, 1.807) is 18.2 Å². The third kappa shape index (κ3) is 5.93. The zero-order valence-electron chi connectivity index (χ0n) is 12.0. The first-order valence-corrected chi connectivity index (χ1v) is 6.37. The number of amides is 1. The zero-order chi connectivity index (χ0) is 15.0. The van der Waals surface area contributed by atoms with Crippen LogP contribution in [0.4, 0.5) is 4.79 Å². The van der Waals surface area contributed by atoms with Crippen molar-refractivity contribution in [3.63, 3.8) is 0 Å². The van der Waals surface area contributed by atoms with Gasteiger partial charge in [-0.25, -0.2) is 4.79 Å². The number of carbonyl (C=O) groups excluding carboxylic acids is 1. The van der Waals surface area contributed by atoms with Crippen molar-refractivity contribution >= 4 is 6.09 Å². The summed E-state index contributed by atoms with van der Waals surface area (Å²) in [5, 5.41) is 11.5. The number of hydrogen-bond acceptors (Lipinski definition) is 3. The molecule has 4 nitrogen and oxygen atoms in total. The molecule has 0 aromatic heterocycles. The summed E-state index contributed by atoms with van der Waals surface area (Å²) in [5.74, 6) is 5.84. The van der Waals surface area contributed by atoms with Gasteiger partial charge in [-0.2, -0.15) is 5.26 Å². The maximum Gasteiger partial charge on any atom is 0.407 e. The Morgan fingerprint density at radius 3 is 2.55 bits per heavy atom. The van der Waals surface area contributed by atoms with Crippen molar-refractivity contribution < 1.29 is 9.53 Å². The van der Waals surface area contributed by atoms with E-state index >= 15 is 0 Å². The Balaban J connectivity index is 2.41. The Bertz CT molecular complexity index is 569. The number of ether oxygens (including phenoxy) is 1. The summed E-state index contributed by atoms with van der Waals surface area (Å²) in [6, 6.07) is 9.25. The van der Waals surface area contributed by atoms with E-state index in [1.165, 1.54) is 0 Å². The van der Waals surface area contributed by atoms with E-state index < -0.39 is 11.7 Å². The molecule has 104 valence electrons. The second-order valence-corrected chi connectivity index (χ2v) is 5.14. The van der Waals surface area contributed by atoms with Crippen LogP contribution in [0.2, 0.25) is 0 Å². The van der Waals surface area contributed by atoms with Gasteiger partial charge in [-0.1, -0.05) is 24.0 Å². The SMILES string of the molecule is CC(C)(C)OC(=O)NCCC#Cc1ccccc1C#N. The normalized spacial score (nSPS) is 9.90. The third-order valence-corrected chi connectivity index (χ3v) is 2.19. The molecule has 0 saturated heterocycles. The second kappa shape index (κ2) is 7.21. The topological polar surface area (TPSA) is 62.1 Å². The van der Waals surface area contributed by atoms with Crippen LogP contribution in [0.25, 0.3) is 0 Å². The lowest BCUT2D eigenvalue weighted by Gasteiger charge is -2.19. The summed E-state index contributed by atoms with van der Waals surface area (Å²) < 4.78 is 5.10. The van der Waals surface area contributed by atoms with E-state index in [9.17, 15) is 4.79 Å². The summed E-state index contributed by atoms with van der Waals surface area (Å²) in [6.45, 7) is 5.85. The largest absolute Gasteiger partial charge is 0.444 e. The summed E-state index contributed by atoms with van der Waals surface area (Å²) in [5.41, 5.74) is 0.758. The number of hydrogen-bond donors (Lipinski definition) is 1. The Hall–Kier alpha value is -2.46. The monoisotopic (exact) mass is 270 g/mol. The molecule has 1 rings (SSSR count). The Kier molecular flexibility index (Phi) is 5.62. The van der Waals surface area contributed by atoms with Crippen molar-refractivity contribution in [1.82, 2.24) is 5.32 Å². The molecule has 0 aliphatic rings. The fourth-order valence-electron chi connectivity index (χ4n) is 1.39. The van der Waals surface area contributed by atoms with E-state index in [4.69, 9.17) is 10.00 Å². The van der Waals surface area contributed by atoms with E-state index in [0.717, 1.165) is 0 Å². The van der Waals surface area contributed by atoms with Gasteiger partial charge in [0.1, 0.15) is 11.7 Å². The van der Waals surface area contributed by atoms with Gasteiger partial charge in [0.2, 0.25) is 0 Å². The van der Waals surface area contributed by atoms with Gasteiger partial charge >= 0.3 is 6.09 Å². The van der Waals surface area contributed by atoms with Gasteiger partial charge in [0.15, 0.2) is 0 Å². The maximum atomic E-state index is 11.4. The Morgan fingerprint density at radius 1 is 1.30 bits per heavy atom. The highest BCUT2D eigenvalue weighted by atomic mass is 16.6. The average Bonchev–Trinajstić information content (AvgIpc) is 2.36. The van der Waals surface area contributed by atoms with E-state index in [0.29, 0.717) is 24.1 Å². The molecular formula is C16H18N2O2. The number of nitriles is 1. The molecule has 20 heavy (non-hydrogen) atoms. The minimum absolute atomic E-state index is 0.413. The number of nitrogens with zero attached hydrogens (tertiary/aromatic N) is 1. The minimum atomic E-state index is -0.499. The van der Waals surface area contributed by atoms with E-state index in [1.807, 2.05) is 26.8 Å². The lowest BCUT2D eigenvalue weighted by atomic mass is 10.1. The van der Waals surface area contributed by atoms with Crippen LogP contribution in [0.1, 0.15) is 38.3 Å². The van der Waals surface area contributed by atoms with Crippen LogP contribution in [0.15, 0.2) is 24.3 Å². The molecule has 0 fully saturated rings. The first kappa shape index (κ1) is 15.6. The Morgan fingerprint density at radius 2 is 1.95 bits per heavy atom. The summed E-state index contributed by atoms with van der Waals surface area (Å²) in [7, 11) is 0. The molecular weight excluding hydrogens is 252 g/mol. The average molecular weight is 270 g/mol. The molecule has 0 bridgehead atoms. The van der Waals surface area contributed by atoms with Crippen LogP contribution in [0.3, 0.4) is 0 Å². The van der Waals surface area contributed by atoms with Crippen LogP contribution in [0, 0.1) is 23.2 Å². The van der Waals surface area contributed by atoms with Crippen LogP contribution in [-0.2, 0) is 4.74 Å². The van der Waals surface area contributed by atoms with Crippen molar-refractivity contribution in [3.8, 4) is 17.9 Å². The van der Waals surface area contributed by atoms with Gasteiger partial charge in [0.25, 0.3) is 0 Å². The first-order valence-electron chi connectivity index (χ1n) is 6.37. The number of rotatable bonds is 2. The quantitative estimate of drug-likeness (QED) is 0.664. The molecule has 0 heterocycles. The smallest absolute Gasteiger partial charge is 0.407 e. The summed E-state index contributed by atoms with van der Waals surface area (Å²) in [4.78, 5) is 11.4. The minimum Gasteiger partial charge on any atom is -0.444 e. The van der Waals surface area contributed by atoms with Gasteiger partial charge < -0.3 is 10.1 Å². The molecule has 1 N–H and O–H groups in total. The highest BCUT2D eigenvalue weighted by Gasteiger charge is 2.15. The molecule has 0 aliphatic heterocycles. The zero-order valence-corrected chi connectivity index (χ0v) is 12.0. The van der Waals surface area contributed by atoms with Gasteiger partial charge in [0, 0.05) is 18.5 Å². The molecule has 0 unspecified atom stereocenters. The molecule has 1 aromatic rings. The van der Waals surface area contributed by atoms with Crippen LogP contribution in [-0.4, -0.2) is 18.2 Å². The van der Waals surface area contributed by atoms with Crippen molar-refractivity contribution in [1.29, 1.82) is 5.26 Å². The lowest BCUT2D eigenvalue weighted by molar-refractivity contribution is 0.0529. The molecule has 0 spiro atoms. The van der Waals surface area contributed by atoms with Crippen LogP contribution in [0.5, 0.6) is 0 Å². The van der Waals surface area contributed by atoms with Crippen LogP contribution >= 0.6 is 0 Å². The van der Waals surface area contributed by atoms with Gasteiger partial charge in [-0.3, -0.25) is 0 Å². The van der Waals surface area contributed by atoms with Gasteiger partial charge in [-0.15, -0.1) is 0 Å². The fourth-order valence-corrected chi connectivity index (χ4v) is 1.39. The number of nitrogens with one attached hydrogen (secondary N) is 1. The summed E-state index contributed by atoms with van der Waals surface area (Å²) >= 11 is 0. The third-order valence-electron chi connectivity index (χ3n) is 2.19. The van der Waals surface area contributed by atoms with E-state index in [2.05, 4.69) is 23.2 Å². The maximum absolute atomic E-state index is 11.4. The second-order valence-electron chi connectivity index (χ2n) is 5.14. The lowest BCUT2D eigenvalue weighted by Crippen LogP contribution is -2.32. The van der Waals surface area contributed by atoms with Crippen molar-refractivity contribution in [2.75, 3.05) is 6.54 Å². The van der Waals surface area contributed by atoms with Gasteiger partial charge in [0.05, 0.1) is 5.56 Å². The molecule has 1 amide bonds. The van der Waals surface area contributed by atoms with Gasteiger partial charge in [-0.05, 0) is 32.9 Å². The highest BCUT2D eigenvalue weighted by Crippen LogP contribution is 2.06. The van der Waals surface area contributed by atoms with Crippen molar-refractivity contribution in [3.05, 3.63) is 35.4 Å². The van der Waals surface area contributed by atoms with E-state index in [-0.39, 0.29) is 0 Å².